The second kappa shape index (κ2) is 9.05. The summed E-state index contributed by atoms with van der Waals surface area (Å²) in [6.45, 7) is 0. The smallest absolute Gasteiger partial charge is 0.296 e. The van der Waals surface area contributed by atoms with Crippen molar-refractivity contribution in [2.75, 3.05) is 0 Å². The molecule has 4 rings (SSSR count). The molecule has 0 radical (unpaired) electrons. The van der Waals surface area contributed by atoms with Crippen molar-refractivity contribution in [3.05, 3.63) is 83.9 Å². The average Bonchev–Trinajstić information content (AvgIpc) is 3.33. The normalized spacial score (nSPS) is 29.6. The van der Waals surface area contributed by atoms with Crippen LogP contribution in [0.25, 0.3) is 9.81 Å². The van der Waals surface area contributed by atoms with Crippen LogP contribution in [0.5, 0.6) is 0 Å². The first-order valence-corrected chi connectivity index (χ1v) is 13.2. The third kappa shape index (κ3) is 4.00. The van der Waals surface area contributed by atoms with E-state index in [0.29, 0.717) is 11.1 Å². The number of ketones is 1. The van der Waals surface area contributed by atoms with Gasteiger partial charge in [0.25, 0.3) is 0 Å². The summed E-state index contributed by atoms with van der Waals surface area (Å²) in [7, 11) is 0. The van der Waals surface area contributed by atoms with Gasteiger partial charge in [0, 0.05) is 9.81 Å². The van der Waals surface area contributed by atoms with Crippen LogP contribution in [0.15, 0.2) is 72.8 Å². The molecule has 0 amide bonds. The zero-order chi connectivity index (χ0) is 24.9. The molecule has 180 valence electrons. The molecule has 2 heterocycles. The summed E-state index contributed by atoms with van der Waals surface area (Å²) < 4.78 is 81.1. The van der Waals surface area contributed by atoms with Gasteiger partial charge >= 0.3 is 12.4 Å². The summed E-state index contributed by atoms with van der Waals surface area (Å²) in [5.41, 5.74) is 0.768. The number of alkyl halides is 8. The molecule has 34 heavy (non-hydrogen) atoms. The molecule has 4 unspecified atom stereocenters. The number of rotatable bonds is 4. The van der Waals surface area contributed by atoms with Gasteiger partial charge in [-0.05, 0) is 11.1 Å². The molecule has 0 bridgehead atoms. The molecular weight excluding hydrogens is 630 g/mol. The molecule has 2 aromatic carbocycles. The molecule has 2 aliphatic rings. The fraction of sp³-hybridized carbons (Fsp3) is 0.261. The van der Waals surface area contributed by atoms with Crippen molar-refractivity contribution in [3.8, 4) is 0 Å². The highest BCUT2D eigenvalue weighted by molar-refractivity contribution is 9.10. The van der Waals surface area contributed by atoms with Gasteiger partial charge in [-0.3, -0.25) is 4.79 Å². The second-order valence-electron chi connectivity index (χ2n) is 7.60. The minimum absolute atomic E-state index is 0.0795. The second-order valence-corrected chi connectivity index (χ2v) is 12.1. The van der Waals surface area contributed by atoms with Crippen molar-refractivity contribution in [1.29, 1.82) is 0 Å². The number of halogens is 8. The number of thioether (sulfide) groups is 2. The van der Waals surface area contributed by atoms with E-state index in [2.05, 4.69) is 31.9 Å². The maximum atomic E-state index is 14.7. The number of hydrogen-bond donors (Lipinski definition) is 0. The Morgan fingerprint density at radius 1 is 0.676 bits per heavy atom. The third-order valence-electron chi connectivity index (χ3n) is 5.55. The predicted octanol–water partition coefficient (Wildman–Crippen LogP) is 8.26. The monoisotopic (exact) mass is 642 g/mol. The molecule has 0 aromatic heterocycles. The maximum Gasteiger partial charge on any atom is 0.411 e. The van der Waals surface area contributed by atoms with Crippen molar-refractivity contribution in [3.63, 3.8) is 0 Å². The van der Waals surface area contributed by atoms with Crippen LogP contribution in [0.4, 0.5) is 26.3 Å². The Labute approximate surface area is 216 Å². The summed E-state index contributed by atoms with van der Waals surface area (Å²) in [6.07, 6.45) is -8.25. The predicted molar refractivity (Wildman–Crippen MR) is 132 cm³/mol. The van der Waals surface area contributed by atoms with E-state index >= 15 is 0 Å². The highest BCUT2D eigenvalue weighted by Crippen LogP contribution is 2.65. The summed E-state index contributed by atoms with van der Waals surface area (Å²) in [5.74, 6) is -1.96. The quantitative estimate of drug-likeness (QED) is 0.247. The Morgan fingerprint density at radius 3 is 1.29 bits per heavy atom. The van der Waals surface area contributed by atoms with Crippen LogP contribution in [0.2, 0.25) is 0 Å². The lowest BCUT2D eigenvalue weighted by atomic mass is 9.85. The van der Waals surface area contributed by atoms with Crippen molar-refractivity contribution in [2.45, 2.75) is 31.5 Å². The van der Waals surface area contributed by atoms with E-state index in [0.717, 1.165) is 12.2 Å². The molecule has 0 N–H and O–H groups in total. The van der Waals surface area contributed by atoms with E-state index in [1.54, 1.807) is 60.7 Å². The molecule has 0 spiro atoms. The maximum absolute atomic E-state index is 14.7. The first kappa shape index (κ1) is 25.9. The van der Waals surface area contributed by atoms with Crippen molar-refractivity contribution >= 4 is 71.0 Å². The topological polar surface area (TPSA) is 17.1 Å². The average molecular weight is 644 g/mol. The molecule has 0 saturated carbocycles. The van der Waals surface area contributed by atoms with Gasteiger partial charge in [0.15, 0.2) is 15.3 Å². The van der Waals surface area contributed by atoms with Crippen molar-refractivity contribution in [2.24, 2.45) is 0 Å². The Morgan fingerprint density at radius 2 is 1.00 bits per heavy atom. The SMILES string of the molecule is O=C(C1(C(F)(F)F)SC(c2ccccc2)=CC1Br)C1(C(F)(F)F)SC(c2ccccc2)=CC1Br. The van der Waals surface area contributed by atoms with Gasteiger partial charge in [0.05, 0.1) is 9.65 Å². The summed E-state index contributed by atoms with van der Waals surface area (Å²) >= 11 is 6.05. The van der Waals surface area contributed by atoms with Crippen molar-refractivity contribution < 1.29 is 31.1 Å². The van der Waals surface area contributed by atoms with Gasteiger partial charge in [-0.25, -0.2) is 0 Å². The van der Waals surface area contributed by atoms with Gasteiger partial charge < -0.3 is 0 Å². The Kier molecular flexibility index (Phi) is 6.89. The molecule has 0 aliphatic carbocycles. The Bertz CT molecular complexity index is 1060. The van der Waals surface area contributed by atoms with E-state index in [9.17, 15) is 31.1 Å². The fourth-order valence-corrected chi connectivity index (χ4v) is 9.00. The van der Waals surface area contributed by atoms with Crippen LogP contribution < -0.4 is 0 Å². The standard InChI is InChI=1S/C23H14Br2F6OS2/c24-17-11-15(13-7-3-1-4-8-13)33-20(17,22(26,27)28)19(32)21(23(29,30)31)18(25)12-16(34-21)14-9-5-2-6-10-14/h1-12,17-18H. The number of carbonyl (C=O) groups is 1. The van der Waals surface area contributed by atoms with Gasteiger partial charge in [-0.2, -0.15) is 26.3 Å². The minimum atomic E-state index is -5.28. The van der Waals surface area contributed by atoms with Crippen LogP contribution in [0, 0.1) is 0 Å². The molecule has 11 heteroatoms. The highest BCUT2D eigenvalue weighted by atomic mass is 79.9. The zero-order valence-corrected chi connectivity index (χ0v) is 21.6. The minimum Gasteiger partial charge on any atom is -0.296 e. The largest absolute Gasteiger partial charge is 0.411 e. The van der Waals surface area contributed by atoms with Crippen LogP contribution in [0.1, 0.15) is 11.1 Å². The van der Waals surface area contributed by atoms with E-state index < -0.39 is 37.3 Å². The van der Waals surface area contributed by atoms with Gasteiger partial charge in [0.1, 0.15) is 0 Å². The molecule has 0 saturated heterocycles. The van der Waals surface area contributed by atoms with Crippen LogP contribution in [-0.2, 0) is 4.79 Å². The molecular formula is C23H14Br2F6OS2. The Hall–Kier alpha value is -1.17. The first-order chi connectivity index (χ1) is 15.8. The molecule has 2 aliphatic heterocycles. The number of benzene rings is 2. The van der Waals surface area contributed by atoms with Crippen LogP contribution in [0.3, 0.4) is 0 Å². The lowest BCUT2D eigenvalue weighted by Crippen LogP contribution is -2.66. The third-order valence-corrected chi connectivity index (χ3v) is 11.2. The summed E-state index contributed by atoms with van der Waals surface area (Å²) in [6, 6.07) is 15.9. The molecule has 2 aromatic rings. The van der Waals surface area contributed by atoms with E-state index in [1.165, 1.54) is 0 Å². The van der Waals surface area contributed by atoms with Gasteiger partial charge in [-0.15, -0.1) is 23.5 Å². The number of carbonyl (C=O) groups excluding carboxylic acids is 1. The van der Waals surface area contributed by atoms with Crippen molar-refractivity contribution in [1.82, 2.24) is 0 Å². The molecule has 1 nitrogen and oxygen atoms in total. The number of Topliss-reactive ketones (excluding diaryl/α,β-unsaturated/α-hetero) is 1. The van der Waals surface area contributed by atoms with Crippen LogP contribution >= 0.6 is 55.4 Å². The summed E-state index contributed by atoms with van der Waals surface area (Å²) in [4.78, 5) is 10.5. The lowest BCUT2D eigenvalue weighted by molar-refractivity contribution is -0.189. The fourth-order valence-electron chi connectivity index (χ4n) is 3.85. The highest BCUT2D eigenvalue weighted by Gasteiger charge is 2.77. The lowest BCUT2D eigenvalue weighted by Gasteiger charge is -2.42. The number of allylic oxidation sites excluding steroid dienone is 2. The van der Waals surface area contributed by atoms with E-state index in [1.807, 2.05) is 0 Å². The van der Waals surface area contributed by atoms with E-state index in [-0.39, 0.29) is 33.3 Å². The molecule has 0 fully saturated rings. The van der Waals surface area contributed by atoms with Gasteiger partial charge in [-0.1, -0.05) is 105 Å². The first-order valence-electron chi connectivity index (χ1n) is 9.73. The van der Waals surface area contributed by atoms with Crippen LogP contribution in [-0.4, -0.2) is 37.3 Å². The van der Waals surface area contributed by atoms with E-state index in [4.69, 9.17) is 0 Å². The number of hydrogen-bond acceptors (Lipinski definition) is 3. The molecule has 4 atom stereocenters. The Balaban J connectivity index is 1.82. The van der Waals surface area contributed by atoms with Gasteiger partial charge in [0.2, 0.25) is 0 Å². The zero-order valence-electron chi connectivity index (χ0n) is 16.8. The summed E-state index contributed by atoms with van der Waals surface area (Å²) in [5, 5.41) is 0.